The molecule has 134 valence electrons. The lowest BCUT2D eigenvalue weighted by Crippen LogP contribution is -2.43. The largest absolute Gasteiger partial charge is 0.325 e. The number of carbonyl (C=O) groups excluding carboxylic acids is 1. The molecule has 1 aromatic rings. The SMILES string of the molecule is Cl.O=C(Nc1ccc(F)c(S(=O)(=O)NC2CC2)c1)C1CCCCN1. The van der Waals surface area contributed by atoms with Crippen LogP contribution >= 0.6 is 12.4 Å². The van der Waals surface area contributed by atoms with E-state index >= 15 is 0 Å². The molecule has 0 bridgehead atoms. The molecule has 1 amide bonds. The molecule has 6 nitrogen and oxygen atoms in total. The molecule has 1 aliphatic heterocycles. The summed E-state index contributed by atoms with van der Waals surface area (Å²) in [4.78, 5) is 11.7. The van der Waals surface area contributed by atoms with Gasteiger partial charge in [0.05, 0.1) is 6.04 Å². The lowest BCUT2D eigenvalue weighted by Gasteiger charge is -2.22. The van der Waals surface area contributed by atoms with Crippen molar-refractivity contribution in [2.24, 2.45) is 0 Å². The number of amides is 1. The van der Waals surface area contributed by atoms with E-state index in [0.717, 1.165) is 44.7 Å². The maximum absolute atomic E-state index is 13.9. The second-order valence-corrected chi connectivity index (χ2v) is 7.71. The van der Waals surface area contributed by atoms with E-state index < -0.39 is 20.7 Å². The van der Waals surface area contributed by atoms with Gasteiger partial charge in [-0.25, -0.2) is 17.5 Å². The zero-order valence-electron chi connectivity index (χ0n) is 13.0. The summed E-state index contributed by atoms with van der Waals surface area (Å²) in [5, 5.41) is 5.77. The molecule has 24 heavy (non-hydrogen) atoms. The predicted octanol–water partition coefficient (Wildman–Crippen LogP) is 1.77. The average molecular weight is 378 g/mol. The maximum atomic E-state index is 13.9. The van der Waals surface area contributed by atoms with Crippen LogP contribution in [0.2, 0.25) is 0 Å². The van der Waals surface area contributed by atoms with Gasteiger partial charge in [0.1, 0.15) is 10.7 Å². The zero-order chi connectivity index (χ0) is 16.4. The molecule has 1 unspecified atom stereocenters. The third-order valence-electron chi connectivity index (χ3n) is 4.01. The Morgan fingerprint density at radius 3 is 2.58 bits per heavy atom. The van der Waals surface area contributed by atoms with E-state index in [4.69, 9.17) is 0 Å². The fraction of sp³-hybridized carbons (Fsp3) is 0.533. The fourth-order valence-corrected chi connectivity index (χ4v) is 3.98. The highest BCUT2D eigenvalue weighted by atomic mass is 35.5. The summed E-state index contributed by atoms with van der Waals surface area (Å²) >= 11 is 0. The first-order valence-corrected chi connectivity index (χ1v) is 9.30. The fourth-order valence-electron chi connectivity index (χ4n) is 2.58. The lowest BCUT2D eigenvalue weighted by molar-refractivity contribution is -0.118. The minimum Gasteiger partial charge on any atom is -0.325 e. The van der Waals surface area contributed by atoms with Gasteiger partial charge >= 0.3 is 0 Å². The Bertz CT molecular complexity index is 704. The molecule has 1 atom stereocenters. The van der Waals surface area contributed by atoms with Crippen LogP contribution in [-0.4, -0.2) is 33.0 Å². The molecule has 3 rings (SSSR count). The van der Waals surface area contributed by atoms with Crippen LogP contribution < -0.4 is 15.4 Å². The van der Waals surface area contributed by atoms with Gasteiger partial charge in [-0.05, 0) is 50.4 Å². The van der Waals surface area contributed by atoms with E-state index in [1.165, 1.54) is 12.1 Å². The quantitative estimate of drug-likeness (QED) is 0.729. The van der Waals surface area contributed by atoms with Crippen LogP contribution in [0.1, 0.15) is 32.1 Å². The van der Waals surface area contributed by atoms with E-state index in [1.54, 1.807) is 0 Å². The van der Waals surface area contributed by atoms with Gasteiger partial charge in [-0.1, -0.05) is 6.42 Å². The normalized spacial score (nSPS) is 21.0. The van der Waals surface area contributed by atoms with Crippen LogP contribution in [0.4, 0.5) is 10.1 Å². The molecule has 1 aromatic carbocycles. The van der Waals surface area contributed by atoms with Gasteiger partial charge in [0, 0.05) is 11.7 Å². The molecule has 0 spiro atoms. The monoisotopic (exact) mass is 377 g/mol. The highest BCUT2D eigenvalue weighted by molar-refractivity contribution is 7.89. The van der Waals surface area contributed by atoms with E-state index in [2.05, 4.69) is 15.4 Å². The van der Waals surface area contributed by atoms with Gasteiger partial charge in [-0.3, -0.25) is 4.79 Å². The highest BCUT2D eigenvalue weighted by Gasteiger charge is 2.30. The number of halogens is 2. The minimum atomic E-state index is -3.90. The van der Waals surface area contributed by atoms with Crippen LogP contribution in [0.15, 0.2) is 23.1 Å². The van der Waals surface area contributed by atoms with Crippen molar-refractivity contribution in [2.75, 3.05) is 11.9 Å². The van der Waals surface area contributed by atoms with Crippen molar-refractivity contribution in [3.05, 3.63) is 24.0 Å². The number of sulfonamides is 1. The van der Waals surface area contributed by atoms with Crippen LogP contribution in [-0.2, 0) is 14.8 Å². The Morgan fingerprint density at radius 1 is 1.21 bits per heavy atom. The summed E-state index contributed by atoms with van der Waals surface area (Å²) < 4.78 is 40.7. The third kappa shape index (κ3) is 4.66. The Balaban J connectivity index is 0.00000208. The van der Waals surface area contributed by atoms with Gasteiger partial charge in [0.25, 0.3) is 0 Å². The number of nitrogens with one attached hydrogen (secondary N) is 3. The maximum Gasteiger partial charge on any atom is 0.243 e. The molecule has 1 saturated heterocycles. The number of carbonyl (C=O) groups is 1. The molecule has 1 heterocycles. The molecule has 2 aliphatic rings. The summed E-state index contributed by atoms with van der Waals surface area (Å²) in [5.74, 6) is -1.05. The summed E-state index contributed by atoms with van der Waals surface area (Å²) in [6.45, 7) is 0.784. The standard InChI is InChI=1S/C15H20FN3O3S.ClH/c16-12-7-6-11(18-15(20)13-3-1-2-8-17-13)9-14(12)23(21,22)19-10-4-5-10;/h6-7,9-10,13,17,19H,1-5,8H2,(H,18,20);1H. The number of hydrogen-bond acceptors (Lipinski definition) is 4. The van der Waals surface area contributed by atoms with Crippen molar-refractivity contribution >= 4 is 34.0 Å². The van der Waals surface area contributed by atoms with Crippen molar-refractivity contribution in [2.45, 2.75) is 49.1 Å². The van der Waals surface area contributed by atoms with Crippen molar-refractivity contribution in [3.8, 4) is 0 Å². The van der Waals surface area contributed by atoms with Crippen molar-refractivity contribution in [3.63, 3.8) is 0 Å². The number of hydrogen-bond donors (Lipinski definition) is 3. The number of benzene rings is 1. The topological polar surface area (TPSA) is 87.3 Å². The van der Waals surface area contributed by atoms with E-state index in [0.29, 0.717) is 0 Å². The van der Waals surface area contributed by atoms with Crippen LogP contribution in [0.25, 0.3) is 0 Å². The Hall–Kier alpha value is -1.22. The third-order valence-corrected chi connectivity index (χ3v) is 5.55. The second kappa shape index (κ2) is 7.77. The summed E-state index contributed by atoms with van der Waals surface area (Å²) in [7, 11) is -3.90. The van der Waals surface area contributed by atoms with Crippen LogP contribution in [0.3, 0.4) is 0 Å². The van der Waals surface area contributed by atoms with E-state index in [-0.39, 0.29) is 36.1 Å². The minimum absolute atomic E-state index is 0. The summed E-state index contributed by atoms with van der Waals surface area (Å²) in [6.07, 6.45) is 4.28. The molecule has 0 aromatic heterocycles. The van der Waals surface area contributed by atoms with Gasteiger partial charge < -0.3 is 10.6 Å². The highest BCUT2D eigenvalue weighted by Crippen LogP contribution is 2.25. The summed E-state index contributed by atoms with van der Waals surface area (Å²) in [6, 6.07) is 3.20. The molecule has 1 aliphatic carbocycles. The van der Waals surface area contributed by atoms with Gasteiger partial charge in [0.2, 0.25) is 15.9 Å². The Labute approximate surface area is 147 Å². The summed E-state index contributed by atoms with van der Waals surface area (Å²) in [5.41, 5.74) is 0.278. The molecular weight excluding hydrogens is 357 g/mol. The molecule has 1 saturated carbocycles. The molecule has 9 heteroatoms. The Kier molecular flexibility index (Phi) is 6.19. The molecule has 3 N–H and O–H groups in total. The van der Waals surface area contributed by atoms with Crippen LogP contribution in [0, 0.1) is 5.82 Å². The van der Waals surface area contributed by atoms with E-state index in [1.807, 2.05) is 0 Å². The van der Waals surface area contributed by atoms with Gasteiger partial charge in [-0.2, -0.15) is 0 Å². The zero-order valence-corrected chi connectivity index (χ0v) is 14.7. The first kappa shape index (κ1) is 19.1. The van der Waals surface area contributed by atoms with E-state index in [9.17, 15) is 17.6 Å². The van der Waals surface area contributed by atoms with Crippen LogP contribution in [0.5, 0.6) is 0 Å². The first-order valence-electron chi connectivity index (χ1n) is 7.82. The molecule has 2 fully saturated rings. The Morgan fingerprint density at radius 2 is 1.96 bits per heavy atom. The first-order chi connectivity index (χ1) is 11.0. The predicted molar refractivity (Wildman–Crippen MR) is 91.3 cm³/mol. The van der Waals surface area contributed by atoms with Gasteiger partial charge in [-0.15, -0.1) is 12.4 Å². The number of piperidine rings is 1. The average Bonchev–Trinajstić information content (AvgIpc) is 3.33. The molecular formula is C15H21ClFN3O3S. The number of rotatable bonds is 5. The van der Waals surface area contributed by atoms with Crippen molar-refractivity contribution in [1.82, 2.24) is 10.0 Å². The number of anilines is 1. The molecule has 0 radical (unpaired) electrons. The lowest BCUT2D eigenvalue weighted by atomic mass is 10.0. The smallest absolute Gasteiger partial charge is 0.243 e. The van der Waals surface area contributed by atoms with Crippen molar-refractivity contribution in [1.29, 1.82) is 0 Å². The van der Waals surface area contributed by atoms with Crippen molar-refractivity contribution < 1.29 is 17.6 Å². The second-order valence-electron chi connectivity index (χ2n) is 6.03. The van der Waals surface area contributed by atoms with Gasteiger partial charge in [0.15, 0.2) is 0 Å².